The average molecular weight is 385 g/mol. The molecule has 25 heavy (non-hydrogen) atoms. The first-order valence-electron chi connectivity index (χ1n) is 8.37. The highest BCUT2D eigenvalue weighted by atomic mass is 35.5. The van der Waals surface area contributed by atoms with E-state index in [1.165, 1.54) is 32.1 Å². The van der Waals surface area contributed by atoms with Gasteiger partial charge < -0.3 is 15.6 Å². The van der Waals surface area contributed by atoms with Gasteiger partial charge in [0.25, 0.3) is 5.91 Å². The molecule has 2 aromatic rings. The third kappa shape index (κ3) is 5.46. The Morgan fingerprint density at radius 2 is 1.88 bits per heavy atom. The molecule has 1 aromatic heterocycles. The summed E-state index contributed by atoms with van der Waals surface area (Å²) in [6.07, 6.45) is 11.5. The molecule has 1 aliphatic carbocycles. The molecule has 7 heteroatoms. The molecule has 3 N–H and O–H groups in total. The molecule has 1 saturated carbocycles. The molecule has 1 aliphatic rings. The molecule has 1 atom stereocenters. The van der Waals surface area contributed by atoms with Crippen molar-refractivity contribution in [1.82, 2.24) is 14.9 Å². The van der Waals surface area contributed by atoms with Gasteiger partial charge in [-0.3, -0.25) is 4.79 Å². The highest BCUT2D eigenvalue weighted by Crippen LogP contribution is 2.26. The molecule has 138 valence electrons. The van der Waals surface area contributed by atoms with Gasteiger partial charge in [0, 0.05) is 36.2 Å². The van der Waals surface area contributed by atoms with Crippen LogP contribution in [-0.4, -0.2) is 28.0 Å². The lowest BCUT2D eigenvalue weighted by Crippen LogP contribution is -2.45. The molecule has 0 spiro atoms. The summed E-state index contributed by atoms with van der Waals surface area (Å²) in [6.45, 7) is 0.503. The van der Waals surface area contributed by atoms with Crippen LogP contribution >= 0.6 is 24.8 Å². The van der Waals surface area contributed by atoms with Crippen LogP contribution in [0.2, 0.25) is 0 Å². The van der Waals surface area contributed by atoms with E-state index in [9.17, 15) is 4.79 Å². The van der Waals surface area contributed by atoms with Gasteiger partial charge in [-0.2, -0.15) is 0 Å². The van der Waals surface area contributed by atoms with Crippen LogP contribution in [0.3, 0.4) is 0 Å². The van der Waals surface area contributed by atoms with E-state index in [-0.39, 0.29) is 36.8 Å². The lowest BCUT2D eigenvalue weighted by atomic mass is 9.84. The van der Waals surface area contributed by atoms with E-state index in [2.05, 4.69) is 10.3 Å². The van der Waals surface area contributed by atoms with Crippen molar-refractivity contribution in [2.75, 3.05) is 6.54 Å². The van der Waals surface area contributed by atoms with Gasteiger partial charge in [-0.1, -0.05) is 19.3 Å². The summed E-state index contributed by atoms with van der Waals surface area (Å²) < 4.78 is 1.91. The Balaban J connectivity index is 0.00000156. The molecule has 1 fully saturated rings. The fourth-order valence-corrected chi connectivity index (χ4v) is 3.35. The summed E-state index contributed by atoms with van der Waals surface area (Å²) in [7, 11) is 0. The Kier molecular flexibility index (Phi) is 8.97. The Morgan fingerprint density at radius 3 is 2.44 bits per heavy atom. The van der Waals surface area contributed by atoms with Crippen LogP contribution in [0.25, 0.3) is 5.69 Å². The molecule has 1 amide bonds. The average Bonchev–Trinajstić information content (AvgIpc) is 3.15. The second-order valence-corrected chi connectivity index (χ2v) is 6.23. The number of imidazole rings is 1. The Hall–Kier alpha value is -1.56. The van der Waals surface area contributed by atoms with E-state index in [0.717, 1.165) is 5.69 Å². The Bertz CT molecular complexity index is 625. The van der Waals surface area contributed by atoms with Crippen LogP contribution in [0, 0.1) is 5.92 Å². The van der Waals surface area contributed by atoms with Gasteiger partial charge in [0.1, 0.15) is 0 Å². The zero-order chi connectivity index (χ0) is 16.1. The lowest BCUT2D eigenvalue weighted by Gasteiger charge is -2.30. The van der Waals surface area contributed by atoms with E-state index in [1.807, 2.05) is 35.0 Å². The van der Waals surface area contributed by atoms with Crippen molar-refractivity contribution in [2.24, 2.45) is 11.7 Å². The normalized spacial score (nSPS) is 15.6. The Labute approximate surface area is 161 Å². The molecule has 1 aromatic carbocycles. The third-order valence-electron chi connectivity index (χ3n) is 4.72. The van der Waals surface area contributed by atoms with Crippen molar-refractivity contribution in [3.05, 3.63) is 48.5 Å². The molecular weight excluding hydrogens is 359 g/mol. The monoisotopic (exact) mass is 384 g/mol. The van der Waals surface area contributed by atoms with Crippen molar-refractivity contribution in [2.45, 2.75) is 38.1 Å². The van der Waals surface area contributed by atoms with E-state index in [0.29, 0.717) is 18.0 Å². The van der Waals surface area contributed by atoms with E-state index in [1.54, 1.807) is 12.5 Å². The van der Waals surface area contributed by atoms with Crippen LogP contribution in [0.5, 0.6) is 0 Å². The number of aromatic nitrogens is 2. The first kappa shape index (κ1) is 21.5. The predicted octanol–water partition coefficient (Wildman–Crippen LogP) is 3.35. The number of nitrogens with one attached hydrogen (secondary N) is 1. The topological polar surface area (TPSA) is 72.9 Å². The fourth-order valence-electron chi connectivity index (χ4n) is 3.35. The fraction of sp³-hybridized carbons (Fsp3) is 0.444. The van der Waals surface area contributed by atoms with Crippen LogP contribution in [0.1, 0.15) is 42.5 Å². The third-order valence-corrected chi connectivity index (χ3v) is 4.72. The standard InChI is InChI=1S/C18H24N4O.2ClH/c19-12-17(14-4-2-1-3-5-14)21-18(23)15-6-8-16(9-7-15)22-11-10-20-13-22;;/h6-11,13-14,17H,1-5,12,19H2,(H,21,23);2*1H. The maximum Gasteiger partial charge on any atom is 0.251 e. The first-order valence-corrected chi connectivity index (χ1v) is 8.37. The molecule has 0 bridgehead atoms. The summed E-state index contributed by atoms with van der Waals surface area (Å²) in [6, 6.07) is 7.62. The van der Waals surface area contributed by atoms with Crippen molar-refractivity contribution >= 4 is 30.7 Å². The summed E-state index contributed by atoms with van der Waals surface area (Å²) in [5, 5.41) is 3.12. The summed E-state index contributed by atoms with van der Waals surface area (Å²) in [5.74, 6) is 0.478. The van der Waals surface area contributed by atoms with Gasteiger partial charge >= 0.3 is 0 Å². The van der Waals surface area contributed by atoms with Gasteiger partial charge in [-0.05, 0) is 43.0 Å². The smallest absolute Gasteiger partial charge is 0.251 e. The highest BCUT2D eigenvalue weighted by molar-refractivity contribution is 5.94. The molecule has 0 saturated heterocycles. The zero-order valence-corrected chi connectivity index (χ0v) is 15.8. The molecule has 3 rings (SSSR count). The molecular formula is C18H26Cl2N4O. The maximum atomic E-state index is 12.5. The van der Waals surface area contributed by atoms with Crippen molar-refractivity contribution in [3.63, 3.8) is 0 Å². The number of benzene rings is 1. The second kappa shape index (κ2) is 10.4. The number of nitrogens with zero attached hydrogens (tertiary/aromatic N) is 2. The SMILES string of the molecule is Cl.Cl.NCC(NC(=O)c1ccc(-n2ccnc2)cc1)C1CCCCC1. The maximum absolute atomic E-state index is 12.5. The number of halogens is 2. The van der Waals surface area contributed by atoms with E-state index in [4.69, 9.17) is 5.73 Å². The summed E-state index contributed by atoms with van der Waals surface area (Å²) in [4.78, 5) is 16.5. The van der Waals surface area contributed by atoms with Gasteiger partial charge in [-0.15, -0.1) is 24.8 Å². The van der Waals surface area contributed by atoms with Crippen LogP contribution in [-0.2, 0) is 0 Å². The number of nitrogens with two attached hydrogens (primary N) is 1. The van der Waals surface area contributed by atoms with Crippen LogP contribution in [0.15, 0.2) is 43.0 Å². The molecule has 0 radical (unpaired) electrons. The molecule has 5 nitrogen and oxygen atoms in total. The van der Waals surface area contributed by atoms with Gasteiger partial charge in [0.2, 0.25) is 0 Å². The van der Waals surface area contributed by atoms with Crippen molar-refractivity contribution < 1.29 is 4.79 Å². The van der Waals surface area contributed by atoms with Gasteiger partial charge in [-0.25, -0.2) is 4.98 Å². The van der Waals surface area contributed by atoms with Gasteiger partial charge in [0.05, 0.1) is 6.33 Å². The number of hydrogen-bond acceptors (Lipinski definition) is 3. The largest absolute Gasteiger partial charge is 0.348 e. The van der Waals surface area contributed by atoms with Crippen LogP contribution < -0.4 is 11.1 Å². The summed E-state index contributed by atoms with van der Waals surface area (Å²) >= 11 is 0. The van der Waals surface area contributed by atoms with Crippen molar-refractivity contribution in [3.8, 4) is 5.69 Å². The number of hydrogen-bond donors (Lipinski definition) is 2. The second-order valence-electron chi connectivity index (χ2n) is 6.23. The molecule has 0 aliphatic heterocycles. The lowest BCUT2D eigenvalue weighted by molar-refractivity contribution is 0.0915. The highest BCUT2D eigenvalue weighted by Gasteiger charge is 2.24. The van der Waals surface area contributed by atoms with Crippen molar-refractivity contribution in [1.29, 1.82) is 0 Å². The van der Waals surface area contributed by atoms with E-state index >= 15 is 0 Å². The Morgan fingerprint density at radius 1 is 1.20 bits per heavy atom. The molecule has 1 unspecified atom stereocenters. The minimum Gasteiger partial charge on any atom is -0.348 e. The molecule has 1 heterocycles. The first-order chi connectivity index (χ1) is 11.3. The minimum atomic E-state index is -0.0387. The minimum absolute atomic E-state index is 0. The summed E-state index contributed by atoms with van der Waals surface area (Å²) in [5.41, 5.74) is 7.55. The number of carbonyl (C=O) groups is 1. The number of amides is 1. The predicted molar refractivity (Wildman–Crippen MR) is 105 cm³/mol. The van der Waals surface area contributed by atoms with E-state index < -0.39 is 0 Å². The quantitative estimate of drug-likeness (QED) is 0.829. The number of carbonyl (C=O) groups excluding carboxylic acids is 1. The number of rotatable bonds is 5. The van der Waals surface area contributed by atoms with Crippen LogP contribution in [0.4, 0.5) is 0 Å². The zero-order valence-electron chi connectivity index (χ0n) is 14.1. The van der Waals surface area contributed by atoms with Gasteiger partial charge in [0.15, 0.2) is 0 Å².